The largest absolute Gasteiger partial charge is 0.343 e. The van der Waals surface area contributed by atoms with Crippen molar-refractivity contribution in [2.45, 2.75) is 38.0 Å². The fourth-order valence-electron chi connectivity index (χ4n) is 2.56. The second-order valence-electron chi connectivity index (χ2n) is 5.92. The molecule has 0 aliphatic carbocycles. The molecule has 0 saturated carbocycles. The molecule has 1 aromatic carbocycles. The van der Waals surface area contributed by atoms with Crippen LogP contribution in [0.1, 0.15) is 33.1 Å². The number of carbonyl (C=O) groups excluding carboxylic acids is 3. The van der Waals surface area contributed by atoms with E-state index in [1.165, 1.54) is 4.90 Å². The predicted molar refractivity (Wildman–Crippen MR) is 106 cm³/mol. The molecule has 0 atom stereocenters. The molecule has 0 fully saturated rings. The SMILES string of the molecule is CCN(CC)C(=O)CCCC(=O)N(C)CC(=O)Nc1ccccc1SC. The summed E-state index contributed by atoms with van der Waals surface area (Å²) < 4.78 is 0. The van der Waals surface area contributed by atoms with E-state index >= 15 is 0 Å². The zero-order valence-electron chi connectivity index (χ0n) is 16.1. The molecule has 1 N–H and O–H groups in total. The van der Waals surface area contributed by atoms with Crippen molar-refractivity contribution in [2.75, 3.05) is 38.3 Å². The molecule has 6 nitrogen and oxygen atoms in total. The van der Waals surface area contributed by atoms with Gasteiger partial charge in [-0.1, -0.05) is 12.1 Å². The average Bonchev–Trinajstić information content (AvgIpc) is 2.62. The topological polar surface area (TPSA) is 69.7 Å². The van der Waals surface area contributed by atoms with Gasteiger partial charge < -0.3 is 15.1 Å². The summed E-state index contributed by atoms with van der Waals surface area (Å²) >= 11 is 1.55. The summed E-state index contributed by atoms with van der Waals surface area (Å²) in [5.41, 5.74) is 0.746. The predicted octanol–water partition coefficient (Wildman–Crippen LogP) is 2.84. The third kappa shape index (κ3) is 7.07. The molecule has 0 unspecified atom stereocenters. The Morgan fingerprint density at radius 3 is 2.27 bits per heavy atom. The van der Waals surface area contributed by atoms with Gasteiger partial charge in [0.25, 0.3) is 0 Å². The first-order chi connectivity index (χ1) is 12.4. The zero-order chi connectivity index (χ0) is 19.5. The Morgan fingerprint density at radius 2 is 1.65 bits per heavy atom. The molecule has 0 aliphatic heterocycles. The maximum Gasteiger partial charge on any atom is 0.244 e. The van der Waals surface area contributed by atoms with Gasteiger partial charge in [0.15, 0.2) is 0 Å². The van der Waals surface area contributed by atoms with Gasteiger partial charge in [0.1, 0.15) is 0 Å². The number of para-hydroxylation sites is 1. The molecule has 0 radical (unpaired) electrons. The lowest BCUT2D eigenvalue weighted by molar-refractivity contribution is -0.134. The van der Waals surface area contributed by atoms with Crippen LogP contribution in [0.15, 0.2) is 29.2 Å². The summed E-state index contributed by atoms with van der Waals surface area (Å²) in [6.07, 6.45) is 3.06. The van der Waals surface area contributed by atoms with E-state index in [9.17, 15) is 14.4 Å². The number of hydrogen-bond donors (Lipinski definition) is 1. The van der Waals surface area contributed by atoms with Crippen molar-refractivity contribution < 1.29 is 14.4 Å². The Hall–Kier alpha value is -2.02. The molecule has 1 aromatic rings. The lowest BCUT2D eigenvalue weighted by atomic mass is 10.2. The number of nitrogens with one attached hydrogen (secondary N) is 1. The van der Waals surface area contributed by atoms with Gasteiger partial charge in [-0.05, 0) is 38.7 Å². The molecule has 7 heteroatoms. The first-order valence-corrected chi connectivity index (χ1v) is 10.1. The third-order valence-corrected chi connectivity index (χ3v) is 4.88. The van der Waals surface area contributed by atoms with Crippen LogP contribution in [-0.4, -0.2) is 60.5 Å². The molecule has 0 aromatic heterocycles. The number of likely N-dealkylation sites (N-methyl/N-ethyl adjacent to an activating group) is 1. The third-order valence-electron chi connectivity index (χ3n) is 4.09. The molecule has 26 heavy (non-hydrogen) atoms. The van der Waals surface area contributed by atoms with Crippen molar-refractivity contribution in [2.24, 2.45) is 0 Å². The van der Waals surface area contributed by atoms with E-state index in [1.807, 2.05) is 44.4 Å². The number of nitrogens with zero attached hydrogens (tertiary/aromatic N) is 2. The van der Waals surface area contributed by atoms with Crippen molar-refractivity contribution in [1.29, 1.82) is 0 Å². The van der Waals surface area contributed by atoms with Gasteiger partial charge in [-0.15, -0.1) is 11.8 Å². The van der Waals surface area contributed by atoms with Crippen LogP contribution in [0.4, 0.5) is 5.69 Å². The minimum atomic E-state index is -0.235. The van der Waals surface area contributed by atoms with Gasteiger partial charge in [0.05, 0.1) is 12.2 Å². The van der Waals surface area contributed by atoms with Crippen LogP contribution in [0.5, 0.6) is 0 Å². The van der Waals surface area contributed by atoms with Crippen LogP contribution in [0, 0.1) is 0 Å². The van der Waals surface area contributed by atoms with Gasteiger partial charge in [-0.2, -0.15) is 0 Å². The molecule has 0 aliphatic rings. The average molecular weight is 380 g/mol. The van der Waals surface area contributed by atoms with Crippen molar-refractivity contribution >= 4 is 35.2 Å². The van der Waals surface area contributed by atoms with Gasteiger partial charge in [0.2, 0.25) is 17.7 Å². The highest BCUT2D eigenvalue weighted by Gasteiger charge is 2.15. The number of rotatable bonds is 10. The molecule has 0 saturated heterocycles. The number of carbonyl (C=O) groups is 3. The number of thioether (sulfide) groups is 1. The van der Waals surface area contributed by atoms with Crippen LogP contribution < -0.4 is 5.32 Å². The maximum atomic E-state index is 12.2. The summed E-state index contributed by atoms with van der Waals surface area (Å²) in [5, 5.41) is 2.84. The Labute approximate surface area is 160 Å². The molecular formula is C19H29N3O3S. The van der Waals surface area contributed by atoms with E-state index in [1.54, 1.807) is 23.7 Å². The highest BCUT2D eigenvalue weighted by atomic mass is 32.2. The van der Waals surface area contributed by atoms with Gasteiger partial charge in [-0.3, -0.25) is 14.4 Å². The Bertz CT molecular complexity index is 618. The second kappa shape index (κ2) is 11.6. The first-order valence-electron chi connectivity index (χ1n) is 8.87. The van der Waals surface area contributed by atoms with Crippen molar-refractivity contribution in [3.05, 3.63) is 24.3 Å². The molecule has 3 amide bonds. The van der Waals surface area contributed by atoms with Crippen molar-refractivity contribution in [1.82, 2.24) is 9.80 Å². The van der Waals surface area contributed by atoms with Crippen molar-refractivity contribution in [3.8, 4) is 0 Å². The summed E-state index contributed by atoms with van der Waals surface area (Å²) in [6.45, 7) is 5.23. The number of hydrogen-bond acceptors (Lipinski definition) is 4. The number of amides is 3. The highest BCUT2D eigenvalue weighted by Crippen LogP contribution is 2.24. The minimum absolute atomic E-state index is 0.00839. The first kappa shape index (κ1) is 22.0. The Kier molecular flexibility index (Phi) is 9.80. The minimum Gasteiger partial charge on any atom is -0.343 e. The van der Waals surface area contributed by atoms with Crippen LogP contribution in [0.3, 0.4) is 0 Å². The van der Waals surface area contributed by atoms with E-state index in [0.717, 1.165) is 10.6 Å². The fourth-order valence-corrected chi connectivity index (χ4v) is 3.11. The zero-order valence-corrected chi connectivity index (χ0v) is 16.9. The van der Waals surface area contributed by atoms with Gasteiger partial charge in [0, 0.05) is 37.9 Å². The summed E-state index contributed by atoms with van der Waals surface area (Å²) in [7, 11) is 1.61. The quantitative estimate of drug-likeness (QED) is 0.635. The normalized spacial score (nSPS) is 10.3. The van der Waals surface area contributed by atoms with Crippen molar-refractivity contribution in [3.63, 3.8) is 0 Å². The van der Waals surface area contributed by atoms with E-state index in [4.69, 9.17) is 0 Å². The second-order valence-corrected chi connectivity index (χ2v) is 6.77. The number of benzene rings is 1. The van der Waals surface area contributed by atoms with Gasteiger partial charge in [-0.25, -0.2) is 0 Å². The summed E-state index contributed by atoms with van der Waals surface area (Å²) in [5.74, 6) is -0.302. The molecular weight excluding hydrogens is 350 g/mol. The number of anilines is 1. The van der Waals surface area contributed by atoms with E-state index in [0.29, 0.717) is 25.9 Å². The van der Waals surface area contributed by atoms with Crippen LogP contribution in [0.25, 0.3) is 0 Å². The van der Waals surface area contributed by atoms with Crippen LogP contribution >= 0.6 is 11.8 Å². The van der Waals surface area contributed by atoms with Gasteiger partial charge >= 0.3 is 0 Å². The lowest BCUT2D eigenvalue weighted by Gasteiger charge is -2.19. The summed E-state index contributed by atoms with van der Waals surface area (Å²) in [6, 6.07) is 7.54. The maximum absolute atomic E-state index is 12.2. The highest BCUT2D eigenvalue weighted by molar-refractivity contribution is 7.98. The molecule has 0 bridgehead atoms. The Balaban J connectivity index is 2.41. The summed E-state index contributed by atoms with van der Waals surface area (Å²) in [4.78, 5) is 40.4. The molecule has 0 spiro atoms. The Morgan fingerprint density at radius 1 is 1.04 bits per heavy atom. The standard InChI is InChI=1S/C19H29N3O3S/c1-5-22(6-2)19(25)13-9-12-18(24)21(3)14-17(23)20-15-10-7-8-11-16(15)26-4/h7-8,10-11H,5-6,9,12-14H2,1-4H3,(H,20,23). The van der Waals surface area contributed by atoms with E-state index < -0.39 is 0 Å². The monoisotopic (exact) mass is 379 g/mol. The lowest BCUT2D eigenvalue weighted by Crippen LogP contribution is -2.35. The molecule has 144 valence electrons. The molecule has 1 rings (SSSR count). The molecule has 0 heterocycles. The van der Waals surface area contributed by atoms with E-state index in [2.05, 4.69) is 5.32 Å². The van der Waals surface area contributed by atoms with E-state index in [-0.39, 0.29) is 30.7 Å². The van der Waals surface area contributed by atoms with Crippen LogP contribution in [0.2, 0.25) is 0 Å². The fraction of sp³-hybridized carbons (Fsp3) is 0.526. The van der Waals surface area contributed by atoms with Crippen LogP contribution in [-0.2, 0) is 14.4 Å². The smallest absolute Gasteiger partial charge is 0.244 e.